The van der Waals surface area contributed by atoms with E-state index in [1.165, 1.54) is 6.08 Å². The van der Waals surface area contributed by atoms with Crippen LogP contribution in [0.1, 0.15) is 15.9 Å². The van der Waals surface area contributed by atoms with Gasteiger partial charge < -0.3 is 4.90 Å². The van der Waals surface area contributed by atoms with Crippen LogP contribution in [0.5, 0.6) is 0 Å². The Kier molecular flexibility index (Phi) is 4.96. The second kappa shape index (κ2) is 7.11. The summed E-state index contributed by atoms with van der Waals surface area (Å²) in [5.41, 5.74) is 11.5. The van der Waals surface area contributed by atoms with E-state index >= 15 is 0 Å². The van der Waals surface area contributed by atoms with Crippen molar-refractivity contribution in [2.45, 2.75) is 0 Å². The Morgan fingerprint density at radius 2 is 1.73 bits per heavy atom. The van der Waals surface area contributed by atoms with E-state index in [-0.39, 0.29) is 5.78 Å². The summed E-state index contributed by atoms with van der Waals surface area (Å²) in [6, 6.07) is 14.4. The quantitative estimate of drug-likeness (QED) is 0.266. The molecule has 0 bridgehead atoms. The third kappa shape index (κ3) is 3.98. The molecule has 0 saturated carbocycles. The normalized spacial score (nSPS) is 10.3. The molecule has 2 aromatic rings. The Bertz CT molecular complexity index is 724. The highest BCUT2D eigenvalue weighted by molar-refractivity contribution is 6.06. The lowest BCUT2D eigenvalue weighted by atomic mass is 10.1. The minimum Gasteiger partial charge on any atom is -0.378 e. The van der Waals surface area contributed by atoms with Crippen LogP contribution in [-0.2, 0) is 0 Å². The van der Waals surface area contributed by atoms with Crippen LogP contribution in [0.2, 0.25) is 0 Å². The van der Waals surface area contributed by atoms with Gasteiger partial charge in [-0.05, 0) is 29.3 Å². The van der Waals surface area contributed by atoms with Gasteiger partial charge in [-0.1, -0.05) is 47.6 Å². The third-order valence-electron chi connectivity index (χ3n) is 3.15. The van der Waals surface area contributed by atoms with Crippen LogP contribution in [0.4, 0.5) is 11.4 Å². The molecule has 0 unspecified atom stereocenters. The first-order valence-electron chi connectivity index (χ1n) is 6.75. The standard InChI is InChI=1S/C17H16N4O/c1-21(2)16-10-3-13(4-11-16)5-12-17(22)14-6-8-15(9-7-14)19-20-18/h3-12H,1-2H3/b12-5+. The second-order valence-corrected chi connectivity index (χ2v) is 4.92. The minimum atomic E-state index is -0.0934. The van der Waals surface area contributed by atoms with E-state index in [1.807, 2.05) is 43.3 Å². The average Bonchev–Trinajstić information content (AvgIpc) is 2.54. The van der Waals surface area contributed by atoms with Crippen LogP contribution < -0.4 is 4.90 Å². The molecule has 0 saturated heterocycles. The van der Waals surface area contributed by atoms with Gasteiger partial charge in [0.2, 0.25) is 0 Å². The molecule has 0 aliphatic heterocycles. The molecule has 0 N–H and O–H groups in total. The highest BCUT2D eigenvalue weighted by Crippen LogP contribution is 2.15. The number of nitrogens with zero attached hydrogens (tertiary/aromatic N) is 4. The van der Waals surface area contributed by atoms with Gasteiger partial charge in [0.15, 0.2) is 5.78 Å². The van der Waals surface area contributed by atoms with Crippen molar-refractivity contribution in [3.05, 3.63) is 76.2 Å². The molecule has 110 valence electrons. The predicted molar refractivity (Wildman–Crippen MR) is 89.4 cm³/mol. The summed E-state index contributed by atoms with van der Waals surface area (Å²) >= 11 is 0. The summed E-state index contributed by atoms with van der Waals surface area (Å²) < 4.78 is 0. The van der Waals surface area contributed by atoms with Gasteiger partial charge in [0.1, 0.15) is 0 Å². The van der Waals surface area contributed by atoms with Crippen LogP contribution in [-0.4, -0.2) is 19.9 Å². The molecule has 0 spiro atoms. The molecule has 0 atom stereocenters. The fraction of sp³-hybridized carbons (Fsp3) is 0.118. The van der Waals surface area contributed by atoms with E-state index in [9.17, 15) is 4.79 Å². The summed E-state index contributed by atoms with van der Waals surface area (Å²) in [6.45, 7) is 0. The van der Waals surface area contributed by atoms with Gasteiger partial charge in [-0.25, -0.2) is 0 Å². The Hall–Kier alpha value is -3.04. The molecule has 0 radical (unpaired) electrons. The predicted octanol–water partition coefficient (Wildman–Crippen LogP) is 4.59. The van der Waals surface area contributed by atoms with Crippen molar-refractivity contribution in [2.75, 3.05) is 19.0 Å². The molecule has 22 heavy (non-hydrogen) atoms. The molecule has 0 aliphatic carbocycles. The van der Waals surface area contributed by atoms with Gasteiger partial charge >= 0.3 is 0 Å². The molecule has 0 aliphatic rings. The summed E-state index contributed by atoms with van der Waals surface area (Å²) in [4.78, 5) is 16.8. The fourth-order valence-corrected chi connectivity index (χ4v) is 1.90. The summed E-state index contributed by atoms with van der Waals surface area (Å²) in [6.07, 6.45) is 3.32. The van der Waals surface area contributed by atoms with E-state index in [0.29, 0.717) is 11.3 Å². The SMILES string of the molecule is CN(C)c1ccc(/C=C/C(=O)c2ccc(N=[N+]=[N-])cc2)cc1. The largest absolute Gasteiger partial charge is 0.378 e. The lowest BCUT2D eigenvalue weighted by Gasteiger charge is -2.11. The molecule has 2 aromatic carbocycles. The van der Waals surface area contributed by atoms with Gasteiger partial charge in [0.05, 0.1) is 0 Å². The second-order valence-electron chi connectivity index (χ2n) is 4.92. The van der Waals surface area contributed by atoms with Crippen molar-refractivity contribution in [3.8, 4) is 0 Å². The van der Waals surface area contributed by atoms with E-state index in [1.54, 1.807) is 30.3 Å². The van der Waals surface area contributed by atoms with E-state index in [4.69, 9.17) is 5.53 Å². The van der Waals surface area contributed by atoms with Crippen molar-refractivity contribution >= 4 is 23.2 Å². The number of benzene rings is 2. The number of anilines is 1. The van der Waals surface area contributed by atoms with Crippen LogP contribution in [0.15, 0.2) is 59.7 Å². The Labute approximate surface area is 129 Å². The number of hydrogen-bond acceptors (Lipinski definition) is 3. The lowest BCUT2D eigenvalue weighted by molar-refractivity contribution is 0.104. The number of azide groups is 1. The van der Waals surface area contributed by atoms with Crippen molar-refractivity contribution in [3.63, 3.8) is 0 Å². The Balaban J connectivity index is 2.08. The van der Waals surface area contributed by atoms with Crippen molar-refractivity contribution < 1.29 is 4.79 Å². The monoisotopic (exact) mass is 292 g/mol. The van der Waals surface area contributed by atoms with Crippen LogP contribution >= 0.6 is 0 Å². The van der Waals surface area contributed by atoms with Gasteiger partial charge in [0, 0.05) is 35.9 Å². The highest BCUT2D eigenvalue weighted by Gasteiger charge is 2.01. The summed E-state index contributed by atoms with van der Waals surface area (Å²) in [7, 11) is 3.96. The summed E-state index contributed by atoms with van der Waals surface area (Å²) in [5, 5.41) is 3.47. The zero-order valence-electron chi connectivity index (χ0n) is 12.5. The smallest absolute Gasteiger partial charge is 0.185 e. The van der Waals surface area contributed by atoms with Gasteiger partial charge in [0.25, 0.3) is 0 Å². The number of hydrogen-bond donors (Lipinski definition) is 0. The first kappa shape index (κ1) is 15.4. The topological polar surface area (TPSA) is 69.1 Å². The maximum atomic E-state index is 12.1. The number of ketones is 1. The fourth-order valence-electron chi connectivity index (χ4n) is 1.90. The van der Waals surface area contributed by atoms with Gasteiger partial charge in [-0.2, -0.15) is 0 Å². The maximum Gasteiger partial charge on any atom is 0.185 e. The zero-order valence-corrected chi connectivity index (χ0v) is 12.5. The Morgan fingerprint density at radius 3 is 2.27 bits per heavy atom. The number of carbonyl (C=O) groups is 1. The van der Waals surface area contributed by atoms with Crippen LogP contribution in [0, 0.1) is 0 Å². The van der Waals surface area contributed by atoms with Gasteiger partial charge in [-0.15, -0.1) is 0 Å². The molecular formula is C17H16N4O. The van der Waals surface area contributed by atoms with E-state index in [0.717, 1.165) is 11.3 Å². The highest BCUT2D eigenvalue weighted by atomic mass is 16.1. The zero-order chi connectivity index (χ0) is 15.9. The third-order valence-corrected chi connectivity index (χ3v) is 3.15. The Morgan fingerprint density at radius 1 is 1.09 bits per heavy atom. The van der Waals surface area contributed by atoms with Crippen molar-refractivity contribution in [1.82, 2.24) is 0 Å². The number of rotatable bonds is 5. The van der Waals surface area contributed by atoms with E-state index < -0.39 is 0 Å². The molecule has 5 nitrogen and oxygen atoms in total. The van der Waals surface area contributed by atoms with Crippen LogP contribution in [0.25, 0.3) is 16.5 Å². The molecular weight excluding hydrogens is 276 g/mol. The van der Waals surface area contributed by atoms with Crippen LogP contribution in [0.3, 0.4) is 0 Å². The number of allylic oxidation sites excluding steroid dienone is 1. The molecule has 0 heterocycles. The number of carbonyl (C=O) groups excluding carboxylic acids is 1. The van der Waals surface area contributed by atoms with E-state index in [2.05, 4.69) is 10.0 Å². The van der Waals surface area contributed by atoms with Gasteiger partial charge in [-0.3, -0.25) is 4.79 Å². The molecule has 0 aromatic heterocycles. The lowest BCUT2D eigenvalue weighted by Crippen LogP contribution is -2.07. The van der Waals surface area contributed by atoms with Crippen molar-refractivity contribution in [1.29, 1.82) is 0 Å². The minimum absolute atomic E-state index is 0.0934. The molecule has 5 heteroatoms. The first-order chi connectivity index (χ1) is 10.6. The average molecular weight is 292 g/mol. The summed E-state index contributed by atoms with van der Waals surface area (Å²) in [5.74, 6) is -0.0934. The molecule has 0 fully saturated rings. The molecule has 2 rings (SSSR count). The maximum absolute atomic E-state index is 12.1. The van der Waals surface area contributed by atoms with Crippen molar-refractivity contribution in [2.24, 2.45) is 5.11 Å². The molecule has 0 amide bonds. The first-order valence-corrected chi connectivity index (χ1v) is 6.75.